The molecule has 1 rings (SSSR count). The second-order valence-electron chi connectivity index (χ2n) is 5.96. The number of carbonyl (C=O) groups is 1. The van der Waals surface area contributed by atoms with Gasteiger partial charge in [0.15, 0.2) is 0 Å². The lowest BCUT2D eigenvalue weighted by Crippen LogP contribution is -2.57. The average Bonchev–Trinajstić information content (AvgIpc) is 2.10. The van der Waals surface area contributed by atoms with Crippen molar-refractivity contribution in [2.75, 3.05) is 0 Å². The number of hydrogen-bond donors (Lipinski definition) is 2. The first-order valence-electron chi connectivity index (χ1n) is 6.18. The minimum Gasteiger partial charge on any atom is -0.444 e. The zero-order valence-corrected chi connectivity index (χ0v) is 11.1. The fourth-order valence-corrected chi connectivity index (χ4v) is 2.04. The van der Waals surface area contributed by atoms with Gasteiger partial charge in [0, 0.05) is 5.54 Å². The summed E-state index contributed by atoms with van der Waals surface area (Å²) in [4.78, 5) is 11.7. The van der Waals surface area contributed by atoms with E-state index in [2.05, 4.69) is 5.32 Å². The first-order valence-corrected chi connectivity index (χ1v) is 6.18. The Morgan fingerprint density at radius 3 is 2.33 bits per heavy atom. The van der Waals surface area contributed by atoms with Gasteiger partial charge in [-0.15, -0.1) is 0 Å². The van der Waals surface area contributed by atoms with Crippen LogP contribution in [0.1, 0.15) is 46.5 Å². The zero-order valence-electron chi connectivity index (χ0n) is 11.1. The molecule has 1 fully saturated rings. The third kappa shape index (κ3) is 4.40. The molecular formula is C12H22F2N2O2. The molecule has 0 aromatic rings. The summed E-state index contributed by atoms with van der Waals surface area (Å²) in [6, 6.07) is -1.21. The Labute approximate surface area is 106 Å². The van der Waals surface area contributed by atoms with Crippen molar-refractivity contribution >= 4 is 6.09 Å². The van der Waals surface area contributed by atoms with Gasteiger partial charge in [-0.3, -0.25) is 0 Å². The lowest BCUT2D eigenvalue weighted by Gasteiger charge is -2.44. The summed E-state index contributed by atoms with van der Waals surface area (Å²) in [5.74, 6) is 0. The van der Waals surface area contributed by atoms with E-state index in [1.807, 2.05) is 0 Å². The van der Waals surface area contributed by atoms with Gasteiger partial charge in [-0.05, 0) is 46.5 Å². The summed E-state index contributed by atoms with van der Waals surface area (Å²) >= 11 is 0. The van der Waals surface area contributed by atoms with Crippen molar-refractivity contribution < 1.29 is 18.3 Å². The Hall–Kier alpha value is -0.910. The van der Waals surface area contributed by atoms with E-state index in [1.54, 1.807) is 20.8 Å². The number of halogens is 2. The molecule has 0 aliphatic heterocycles. The average molecular weight is 264 g/mol. The monoisotopic (exact) mass is 264 g/mol. The van der Waals surface area contributed by atoms with Crippen LogP contribution >= 0.6 is 0 Å². The van der Waals surface area contributed by atoms with Crippen LogP contribution in [-0.4, -0.2) is 29.7 Å². The molecule has 1 aliphatic rings. The number of nitrogens with one attached hydrogen (secondary N) is 1. The number of alkyl carbamates (subject to hydrolysis) is 1. The number of alkyl halides is 2. The number of amides is 1. The molecule has 6 heteroatoms. The minimum absolute atomic E-state index is 0.0872. The molecule has 1 saturated carbocycles. The zero-order chi connectivity index (χ0) is 14.0. The molecule has 1 atom stereocenters. The molecule has 1 amide bonds. The first-order chi connectivity index (χ1) is 8.14. The highest BCUT2D eigenvalue weighted by Gasteiger charge is 2.42. The molecule has 0 aromatic carbocycles. The highest BCUT2D eigenvalue weighted by molar-refractivity contribution is 5.69. The van der Waals surface area contributed by atoms with Crippen LogP contribution in [0.2, 0.25) is 0 Å². The normalized spacial score (nSPS) is 20.2. The van der Waals surface area contributed by atoms with Crippen molar-refractivity contribution in [1.82, 2.24) is 5.32 Å². The summed E-state index contributed by atoms with van der Waals surface area (Å²) in [5.41, 5.74) is 4.16. The third-order valence-corrected chi connectivity index (χ3v) is 3.03. The van der Waals surface area contributed by atoms with Crippen molar-refractivity contribution in [2.45, 2.75) is 70.1 Å². The Morgan fingerprint density at radius 2 is 2.00 bits per heavy atom. The highest BCUT2D eigenvalue weighted by atomic mass is 19.3. The molecule has 0 radical (unpaired) electrons. The number of rotatable bonds is 4. The molecule has 0 spiro atoms. The van der Waals surface area contributed by atoms with Crippen molar-refractivity contribution in [3.05, 3.63) is 0 Å². The highest BCUT2D eigenvalue weighted by Crippen LogP contribution is 2.36. The summed E-state index contributed by atoms with van der Waals surface area (Å²) in [5, 5.41) is 2.70. The summed E-state index contributed by atoms with van der Waals surface area (Å²) in [6.45, 7) is 5.26. The number of carbonyl (C=O) groups excluding carboxylic acids is 1. The quantitative estimate of drug-likeness (QED) is 0.819. The van der Waals surface area contributed by atoms with E-state index in [0.29, 0.717) is 12.8 Å². The Balaban J connectivity index is 2.53. The van der Waals surface area contributed by atoms with Gasteiger partial charge in [0.2, 0.25) is 0 Å². The lowest BCUT2D eigenvalue weighted by molar-refractivity contribution is 0.0289. The van der Waals surface area contributed by atoms with E-state index >= 15 is 0 Å². The van der Waals surface area contributed by atoms with Gasteiger partial charge in [-0.1, -0.05) is 0 Å². The third-order valence-electron chi connectivity index (χ3n) is 3.03. The molecule has 106 valence electrons. The number of ether oxygens (including phenoxy) is 1. The molecule has 1 unspecified atom stereocenters. The van der Waals surface area contributed by atoms with Gasteiger partial charge in [0.25, 0.3) is 6.43 Å². The second kappa shape index (κ2) is 5.38. The lowest BCUT2D eigenvalue weighted by atomic mass is 9.73. The van der Waals surface area contributed by atoms with Crippen LogP contribution in [0.3, 0.4) is 0 Å². The summed E-state index contributed by atoms with van der Waals surface area (Å²) in [6.07, 6.45) is -0.791. The van der Waals surface area contributed by atoms with E-state index in [1.165, 1.54) is 0 Å². The van der Waals surface area contributed by atoms with E-state index < -0.39 is 29.7 Å². The fourth-order valence-electron chi connectivity index (χ4n) is 2.04. The van der Waals surface area contributed by atoms with Gasteiger partial charge in [0.05, 0.1) is 6.04 Å². The van der Waals surface area contributed by atoms with Crippen LogP contribution in [0.15, 0.2) is 0 Å². The number of hydrogen-bond acceptors (Lipinski definition) is 3. The van der Waals surface area contributed by atoms with Gasteiger partial charge < -0.3 is 15.8 Å². The topological polar surface area (TPSA) is 64.3 Å². The molecular weight excluding hydrogens is 242 g/mol. The van der Waals surface area contributed by atoms with E-state index in [-0.39, 0.29) is 6.42 Å². The van der Waals surface area contributed by atoms with Crippen LogP contribution in [0.25, 0.3) is 0 Å². The summed E-state index contributed by atoms with van der Waals surface area (Å²) < 4.78 is 30.1. The molecule has 4 nitrogen and oxygen atoms in total. The van der Waals surface area contributed by atoms with Crippen molar-refractivity contribution in [3.8, 4) is 0 Å². The fraction of sp³-hybridized carbons (Fsp3) is 0.917. The maximum atomic E-state index is 12.5. The van der Waals surface area contributed by atoms with Gasteiger partial charge in [0.1, 0.15) is 5.60 Å². The molecule has 3 N–H and O–H groups in total. The van der Waals surface area contributed by atoms with Gasteiger partial charge in [-0.2, -0.15) is 0 Å². The SMILES string of the molecule is CC(C)(C)OC(=O)NC1(CC(N)C(F)F)CCC1. The predicted octanol–water partition coefficient (Wildman–Crippen LogP) is 2.42. The van der Waals surface area contributed by atoms with Crippen LogP contribution in [0.5, 0.6) is 0 Å². The maximum Gasteiger partial charge on any atom is 0.408 e. The molecule has 0 heterocycles. The smallest absolute Gasteiger partial charge is 0.408 e. The Morgan fingerprint density at radius 1 is 1.44 bits per heavy atom. The van der Waals surface area contributed by atoms with Crippen LogP contribution < -0.4 is 11.1 Å². The van der Waals surface area contributed by atoms with Crippen LogP contribution in [-0.2, 0) is 4.74 Å². The molecule has 0 aromatic heterocycles. The van der Waals surface area contributed by atoms with Crippen molar-refractivity contribution in [2.24, 2.45) is 5.73 Å². The minimum atomic E-state index is -2.57. The van der Waals surface area contributed by atoms with Crippen molar-refractivity contribution in [1.29, 1.82) is 0 Å². The van der Waals surface area contributed by atoms with E-state index in [0.717, 1.165) is 6.42 Å². The predicted molar refractivity (Wildman–Crippen MR) is 64.5 cm³/mol. The second-order valence-corrected chi connectivity index (χ2v) is 5.96. The Kier molecular flexibility index (Phi) is 4.53. The molecule has 1 aliphatic carbocycles. The van der Waals surface area contributed by atoms with Gasteiger partial charge in [-0.25, -0.2) is 13.6 Å². The molecule has 0 saturated heterocycles. The first kappa shape index (κ1) is 15.1. The standard InChI is InChI=1S/C12H22F2N2O2/c1-11(2,3)18-10(17)16-12(5-4-6-12)7-8(15)9(13)14/h8-9H,4-7,15H2,1-3H3,(H,16,17). The number of nitrogens with two attached hydrogens (primary N) is 1. The maximum absolute atomic E-state index is 12.5. The largest absolute Gasteiger partial charge is 0.444 e. The van der Waals surface area contributed by atoms with Crippen molar-refractivity contribution in [3.63, 3.8) is 0 Å². The Bertz CT molecular complexity index is 299. The molecule has 0 bridgehead atoms. The molecule has 18 heavy (non-hydrogen) atoms. The van der Waals surface area contributed by atoms with Crippen LogP contribution in [0.4, 0.5) is 13.6 Å². The van der Waals surface area contributed by atoms with E-state index in [4.69, 9.17) is 10.5 Å². The van der Waals surface area contributed by atoms with E-state index in [9.17, 15) is 13.6 Å². The van der Waals surface area contributed by atoms with Gasteiger partial charge >= 0.3 is 6.09 Å². The van der Waals surface area contributed by atoms with Crippen LogP contribution in [0, 0.1) is 0 Å². The summed E-state index contributed by atoms with van der Waals surface area (Å²) in [7, 11) is 0.